The molecule has 0 radical (unpaired) electrons. The Morgan fingerprint density at radius 1 is 1.43 bits per heavy atom. The van der Waals surface area contributed by atoms with E-state index < -0.39 is 17.9 Å². The SMILES string of the molecule is CCOC(=O)C1(C(F)(F)F)OCCO1. The van der Waals surface area contributed by atoms with E-state index in [1.807, 2.05) is 0 Å². The zero-order valence-electron chi connectivity index (χ0n) is 7.39. The van der Waals surface area contributed by atoms with Gasteiger partial charge >= 0.3 is 17.9 Å². The second-order valence-electron chi connectivity index (χ2n) is 2.53. The van der Waals surface area contributed by atoms with Crippen LogP contribution in [0.3, 0.4) is 0 Å². The van der Waals surface area contributed by atoms with Gasteiger partial charge < -0.3 is 14.2 Å². The first-order chi connectivity index (χ1) is 6.44. The van der Waals surface area contributed by atoms with E-state index >= 15 is 0 Å². The number of rotatable bonds is 2. The van der Waals surface area contributed by atoms with Crippen LogP contribution in [0.1, 0.15) is 6.92 Å². The minimum atomic E-state index is -4.92. The molecular formula is C7H9F3O4. The van der Waals surface area contributed by atoms with Gasteiger partial charge in [-0.15, -0.1) is 0 Å². The maximum Gasteiger partial charge on any atom is 0.455 e. The summed E-state index contributed by atoms with van der Waals surface area (Å²) in [5.41, 5.74) is 0. The number of carbonyl (C=O) groups excluding carboxylic acids is 1. The maximum atomic E-state index is 12.4. The molecule has 0 bridgehead atoms. The van der Waals surface area contributed by atoms with Crippen LogP contribution in [-0.2, 0) is 19.0 Å². The number of alkyl halides is 3. The number of esters is 1. The van der Waals surface area contributed by atoms with Gasteiger partial charge in [0, 0.05) is 0 Å². The molecule has 0 aliphatic carbocycles. The smallest absolute Gasteiger partial charge is 0.455 e. The van der Waals surface area contributed by atoms with Crippen molar-refractivity contribution in [1.82, 2.24) is 0 Å². The van der Waals surface area contributed by atoms with E-state index in [1.165, 1.54) is 6.92 Å². The fourth-order valence-electron chi connectivity index (χ4n) is 1.04. The highest BCUT2D eigenvalue weighted by atomic mass is 19.4. The van der Waals surface area contributed by atoms with E-state index in [-0.39, 0.29) is 19.8 Å². The molecule has 1 heterocycles. The molecule has 0 unspecified atom stereocenters. The van der Waals surface area contributed by atoms with Crippen LogP contribution < -0.4 is 0 Å². The molecule has 0 N–H and O–H groups in total. The normalized spacial score (nSPS) is 20.9. The molecule has 1 fully saturated rings. The van der Waals surface area contributed by atoms with Crippen molar-refractivity contribution < 1.29 is 32.2 Å². The number of halogens is 3. The van der Waals surface area contributed by atoms with Crippen molar-refractivity contribution in [2.24, 2.45) is 0 Å². The molecular weight excluding hydrogens is 205 g/mol. The van der Waals surface area contributed by atoms with Crippen molar-refractivity contribution in [3.05, 3.63) is 0 Å². The average Bonchev–Trinajstić information content (AvgIpc) is 2.51. The molecule has 4 nitrogen and oxygen atoms in total. The third-order valence-electron chi connectivity index (χ3n) is 1.61. The topological polar surface area (TPSA) is 44.8 Å². The highest BCUT2D eigenvalue weighted by Crippen LogP contribution is 2.38. The lowest BCUT2D eigenvalue weighted by Gasteiger charge is -2.26. The van der Waals surface area contributed by atoms with Gasteiger partial charge in [0.15, 0.2) is 0 Å². The van der Waals surface area contributed by atoms with Gasteiger partial charge in [0.1, 0.15) is 0 Å². The molecule has 82 valence electrons. The molecule has 0 aromatic rings. The summed E-state index contributed by atoms with van der Waals surface area (Å²) >= 11 is 0. The maximum absolute atomic E-state index is 12.4. The van der Waals surface area contributed by atoms with Crippen molar-refractivity contribution in [3.63, 3.8) is 0 Å². The zero-order valence-corrected chi connectivity index (χ0v) is 7.39. The summed E-state index contributed by atoms with van der Waals surface area (Å²) in [7, 11) is 0. The fourth-order valence-corrected chi connectivity index (χ4v) is 1.04. The monoisotopic (exact) mass is 214 g/mol. The Balaban J connectivity index is 2.87. The highest BCUT2D eigenvalue weighted by Gasteiger charge is 2.67. The Bertz CT molecular complexity index is 219. The molecule has 0 amide bonds. The summed E-state index contributed by atoms with van der Waals surface area (Å²) in [6.45, 7) is 0.678. The molecule has 0 spiro atoms. The second kappa shape index (κ2) is 3.74. The quantitative estimate of drug-likeness (QED) is 0.639. The molecule has 14 heavy (non-hydrogen) atoms. The summed E-state index contributed by atoms with van der Waals surface area (Å²) in [5, 5.41) is 0. The van der Waals surface area contributed by atoms with Crippen molar-refractivity contribution in [2.45, 2.75) is 18.9 Å². The van der Waals surface area contributed by atoms with E-state index in [4.69, 9.17) is 0 Å². The molecule has 0 aromatic heterocycles. The summed E-state index contributed by atoms with van der Waals surface area (Å²) in [6, 6.07) is 0. The molecule has 1 aliphatic rings. The summed E-state index contributed by atoms with van der Waals surface area (Å²) in [5.74, 6) is -4.77. The van der Waals surface area contributed by atoms with Gasteiger partial charge in [-0.2, -0.15) is 13.2 Å². The lowest BCUT2D eigenvalue weighted by molar-refractivity contribution is -0.332. The van der Waals surface area contributed by atoms with E-state index in [0.29, 0.717) is 0 Å². The molecule has 1 saturated heterocycles. The fraction of sp³-hybridized carbons (Fsp3) is 0.857. The Morgan fingerprint density at radius 2 is 1.93 bits per heavy atom. The van der Waals surface area contributed by atoms with E-state index in [1.54, 1.807) is 0 Å². The predicted molar refractivity (Wildman–Crippen MR) is 37.3 cm³/mol. The molecule has 7 heteroatoms. The second-order valence-corrected chi connectivity index (χ2v) is 2.53. The van der Waals surface area contributed by atoms with Crippen molar-refractivity contribution in [3.8, 4) is 0 Å². The average molecular weight is 214 g/mol. The standard InChI is InChI=1S/C7H9F3O4/c1-2-12-5(11)6(7(8,9)10)13-3-4-14-6/h2-4H2,1H3. The molecule has 1 aliphatic heterocycles. The summed E-state index contributed by atoms with van der Waals surface area (Å²) in [4.78, 5) is 11.0. The number of hydrogen-bond acceptors (Lipinski definition) is 4. The van der Waals surface area contributed by atoms with Crippen molar-refractivity contribution in [2.75, 3.05) is 19.8 Å². The van der Waals surface area contributed by atoms with Crippen LogP contribution in [0.4, 0.5) is 13.2 Å². The van der Waals surface area contributed by atoms with Gasteiger partial charge in [-0.3, -0.25) is 0 Å². The first-order valence-electron chi connectivity index (χ1n) is 3.96. The van der Waals surface area contributed by atoms with Crippen LogP contribution in [0.5, 0.6) is 0 Å². The van der Waals surface area contributed by atoms with Gasteiger partial charge in [-0.05, 0) is 6.92 Å². The predicted octanol–water partition coefficient (Wildman–Crippen LogP) is 0.855. The third kappa shape index (κ3) is 1.69. The van der Waals surface area contributed by atoms with E-state index in [2.05, 4.69) is 14.2 Å². The number of ether oxygens (including phenoxy) is 3. The summed E-state index contributed by atoms with van der Waals surface area (Å²) in [6.07, 6.45) is -4.92. The minimum Gasteiger partial charge on any atom is -0.462 e. The first kappa shape index (κ1) is 11.3. The van der Waals surface area contributed by atoms with Gasteiger partial charge in [-0.25, -0.2) is 4.79 Å². The lowest BCUT2D eigenvalue weighted by Crippen LogP contribution is -2.54. The number of carbonyl (C=O) groups is 1. The van der Waals surface area contributed by atoms with Crippen LogP contribution in [0.25, 0.3) is 0 Å². The van der Waals surface area contributed by atoms with E-state index in [0.717, 1.165) is 0 Å². The molecule has 1 rings (SSSR count). The van der Waals surface area contributed by atoms with Crippen LogP contribution in [0.2, 0.25) is 0 Å². The van der Waals surface area contributed by atoms with Gasteiger partial charge in [0.2, 0.25) is 0 Å². The van der Waals surface area contributed by atoms with Crippen LogP contribution in [0, 0.1) is 0 Å². The zero-order chi connectivity index (χ0) is 10.8. The minimum absolute atomic E-state index is 0.163. The molecule has 0 saturated carbocycles. The van der Waals surface area contributed by atoms with Crippen LogP contribution >= 0.6 is 0 Å². The molecule has 0 atom stereocenters. The van der Waals surface area contributed by atoms with E-state index in [9.17, 15) is 18.0 Å². The van der Waals surface area contributed by atoms with Crippen molar-refractivity contribution >= 4 is 5.97 Å². The first-order valence-corrected chi connectivity index (χ1v) is 3.96. The van der Waals surface area contributed by atoms with Crippen LogP contribution in [-0.4, -0.2) is 37.8 Å². The number of hydrogen-bond donors (Lipinski definition) is 0. The molecule has 0 aromatic carbocycles. The Morgan fingerprint density at radius 3 is 2.29 bits per heavy atom. The Kier molecular flexibility index (Phi) is 3.01. The third-order valence-corrected chi connectivity index (χ3v) is 1.61. The Labute approximate surface area is 77.9 Å². The highest BCUT2D eigenvalue weighted by molar-refractivity contribution is 5.79. The Hall–Kier alpha value is -0.820. The van der Waals surface area contributed by atoms with Crippen molar-refractivity contribution in [1.29, 1.82) is 0 Å². The summed E-state index contributed by atoms with van der Waals surface area (Å²) < 4.78 is 50.2. The lowest BCUT2D eigenvalue weighted by atomic mass is 10.3. The van der Waals surface area contributed by atoms with Gasteiger partial charge in [-0.1, -0.05) is 0 Å². The van der Waals surface area contributed by atoms with Gasteiger partial charge in [0.25, 0.3) is 0 Å². The van der Waals surface area contributed by atoms with Crippen LogP contribution in [0.15, 0.2) is 0 Å². The van der Waals surface area contributed by atoms with Gasteiger partial charge in [0.05, 0.1) is 19.8 Å². The largest absolute Gasteiger partial charge is 0.462 e.